The predicted octanol–water partition coefficient (Wildman–Crippen LogP) is 3.06. The summed E-state index contributed by atoms with van der Waals surface area (Å²) in [7, 11) is 0. The van der Waals surface area contributed by atoms with Gasteiger partial charge in [-0.2, -0.15) is 0 Å². The number of benzene rings is 1. The lowest BCUT2D eigenvalue weighted by Crippen LogP contribution is -2.14. The van der Waals surface area contributed by atoms with Crippen molar-refractivity contribution in [1.29, 1.82) is 0 Å². The van der Waals surface area contributed by atoms with Crippen molar-refractivity contribution in [3.63, 3.8) is 0 Å². The summed E-state index contributed by atoms with van der Waals surface area (Å²) in [5.41, 5.74) is 4.82. The van der Waals surface area contributed by atoms with Gasteiger partial charge < -0.3 is 0 Å². The Balaban J connectivity index is 1.97. The van der Waals surface area contributed by atoms with Gasteiger partial charge in [-0.05, 0) is 24.6 Å². The quantitative estimate of drug-likeness (QED) is 0.619. The van der Waals surface area contributed by atoms with Gasteiger partial charge in [0.1, 0.15) is 0 Å². The fourth-order valence-electron chi connectivity index (χ4n) is 2.70. The standard InChI is InChI=1S/C18H14N4O/c1-12-17(13-6-3-2-4-7-13)21-22-16(23)10-15(20-18(12)22)14-8-5-9-19-11-14/h2-11,21H,1H3. The zero-order valence-corrected chi connectivity index (χ0v) is 12.5. The number of rotatable bonds is 2. The molecule has 0 aliphatic carbocycles. The molecule has 23 heavy (non-hydrogen) atoms. The molecule has 5 nitrogen and oxygen atoms in total. The molecular formula is C18H14N4O. The number of aromatic nitrogens is 4. The molecule has 112 valence electrons. The van der Waals surface area contributed by atoms with Crippen molar-refractivity contribution < 1.29 is 0 Å². The average Bonchev–Trinajstić information content (AvgIpc) is 2.94. The molecule has 3 heterocycles. The van der Waals surface area contributed by atoms with Crippen molar-refractivity contribution >= 4 is 5.65 Å². The Morgan fingerprint density at radius 1 is 1.04 bits per heavy atom. The second-order valence-electron chi connectivity index (χ2n) is 5.36. The van der Waals surface area contributed by atoms with E-state index in [2.05, 4.69) is 15.1 Å². The summed E-state index contributed by atoms with van der Waals surface area (Å²) in [5, 5.41) is 3.15. The van der Waals surface area contributed by atoms with E-state index >= 15 is 0 Å². The van der Waals surface area contributed by atoms with Gasteiger partial charge in [-0.25, -0.2) is 9.50 Å². The van der Waals surface area contributed by atoms with Gasteiger partial charge in [-0.1, -0.05) is 30.3 Å². The van der Waals surface area contributed by atoms with Gasteiger partial charge in [-0.15, -0.1) is 0 Å². The highest BCUT2D eigenvalue weighted by atomic mass is 16.1. The molecule has 0 unspecified atom stereocenters. The highest BCUT2D eigenvalue weighted by Gasteiger charge is 2.13. The fraction of sp³-hybridized carbons (Fsp3) is 0.0556. The Morgan fingerprint density at radius 3 is 2.57 bits per heavy atom. The zero-order valence-electron chi connectivity index (χ0n) is 12.5. The smallest absolute Gasteiger partial charge is 0.273 e. The first-order valence-electron chi connectivity index (χ1n) is 7.32. The number of aryl methyl sites for hydroxylation is 1. The van der Waals surface area contributed by atoms with Crippen LogP contribution in [0.15, 0.2) is 65.7 Å². The van der Waals surface area contributed by atoms with Crippen LogP contribution in [0.4, 0.5) is 0 Å². The molecule has 0 saturated carbocycles. The molecule has 0 atom stereocenters. The number of fused-ring (bicyclic) bond motifs is 1. The van der Waals surface area contributed by atoms with Crippen LogP contribution in [0, 0.1) is 6.92 Å². The van der Waals surface area contributed by atoms with Crippen LogP contribution in [-0.4, -0.2) is 19.6 Å². The Morgan fingerprint density at radius 2 is 1.83 bits per heavy atom. The third kappa shape index (κ3) is 2.23. The monoisotopic (exact) mass is 302 g/mol. The minimum atomic E-state index is -0.140. The second kappa shape index (κ2) is 5.21. The number of nitrogens with one attached hydrogen (secondary N) is 1. The summed E-state index contributed by atoms with van der Waals surface area (Å²) in [6.45, 7) is 1.97. The topological polar surface area (TPSA) is 63.0 Å². The molecule has 5 heteroatoms. The predicted molar refractivity (Wildman–Crippen MR) is 89.2 cm³/mol. The van der Waals surface area contributed by atoms with Crippen molar-refractivity contribution in [1.82, 2.24) is 19.6 Å². The van der Waals surface area contributed by atoms with E-state index in [0.717, 1.165) is 22.4 Å². The van der Waals surface area contributed by atoms with E-state index < -0.39 is 0 Å². The van der Waals surface area contributed by atoms with Gasteiger partial charge in [0.25, 0.3) is 5.56 Å². The third-order valence-electron chi connectivity index (χ3n) is 3.87. The molecule has 0 fully saturated rings. The highest BCUT2D eigenvalue weighted by molar-refractivity contribution is 5.71. The van der Waals surface area contributed by atoms with E-state index in [4.69, 9.17) is 0 Å². The molecule has 3 aromatic heterocycles. The minimum absolute atomic E-state index is 0.140. The molecule has 0 bridgehead atoms. The van der Waals surface area contributed by atoms with E-state index in [0.29, 0.717) is 11.3 Å². The summed E-state index contributed by atoms with van der Waals surface area (Å²) >= 11 is 0. The van der Waals surface area contributed by atoms with Crippen LogP contribution in [0.3, 0.4) is 0 Å². The molecule has 0 aliphatic heterocycles. The van der Waals surface area contributed by atoms with Crippen molar-refractivity contribution in [2.24, 2.45) is 0 Å². The van der Waals surface area contributed by atoms with Crippen molar-refractivity contribution in [3.8, 4) is 22.5 Å². The molecule has 4 aromatic rings. The van der Waals surface area contributed by atoms with Gasteiger partial charge in [0.15, 0.2) is 5.65 Å². The van der Waals surface area contributed by atoms with E-state index in [9.17, 15) is 4.79 Å². The van der Waals surface area contributed by atoms with E-state index in [1.807, 2.05) is 49.4 Å². The number of hydrogen-bond acceptors (Lipinski definition) is 3. The summed E-state index contributed by atoms with van der Waals surface area (Å²) in [6.07, 6.45) is 3.41. The fourth-order valence-corrected chi connectivity index (χ4v) is 2.70. The van der Waals surface area contributed by atoms with Crippen LogP contribution in [-0.2, 0) is 0 Å². The summed E-state index contributed by atoms with van der Waals surface area (Å²) in [4.78, 5) is 21.2. The number of hydrogen-bond donors (Lipinski definition) is 1. The van der Waals surface area contributed by atoms with Crippen LogP contribution < -0.4 is 5.56 Å². The average molecular weight is 302 g/mol. The molecule has 4 rings (SSSR count). The van der Waals surface area contributed by atoms with Gasteiger partial charge >= 0.3 is 0 Å². The van der Waals surface area contributed by atoms with Gasteiger partial charge in [0.05, 0.1) is 11.4 Å². The maximum absolute atomic E-state index is 12.4. The lowest BCUT2D eigenvalue weighted by atomic mass is 10.1. The molecule has 0 aliphatic rings. The first kappa shape index (κ1) is 13.5. The second-order valence-corrected chi connectivity index (χ2v) is 5.36. The molecule has 1 aromatic carbocycles. The Labute approximate surface area is 132 Å². The summed E-state index contributed by atoms with van der Waals surface area (Å²) in [5.74, 6) is 0. The number of H-pyrrole nitrogens is 1. The molecule has 0 saturated heterocycles. The first-order valence-corrected chi connectivity index (χ1v) is 7.32. The zero-order chi connectivity index (χ0) is 15.8. The maximum atomic E-state index is 12.4. The van der Waals surface area contributed by atoms with E-state index in [1.54, 1.807) is 12.4 Å². The minimum Gasteiger partial charge on any atom is -0.289 e. The SMILES string of the molecule is Cc1c(-c2ccccc2)[nH]n2c(=O)cc(-c3cccnc3)nc12. The van der Waals surface area contributed by atoms with E-state index in [-0.39, 0.29) is 5.56 Å². The van der Waals surface area contributed by atoms with Crippen molar-refractivity contribution in [2.75, 3.05) is 0 Å². The number of nitrogens with zero attached hydrogens (tertiary/aromatic N) is 3. The Kier molecular flexibility index (Phi) is 3.05. The van der Waals surface area contributed by atoms with Crippen LogP contribution in [0.25, 0.3) is 28.2 Å². The lowest BCUT2D eigenvalue weighted by Gasteiger charge is -2.00. The third-order valence-corrected chi connectivity index (χ3v) is 3.87. The molecule has 1 N–H and O–H groups in total. The number of aromatic amines is 1. The molecule has 0 spiro atoms. The number of pyridine rings is 1. The van der Waals surface area contributed by atoms with Crippen LogP contribution in [0.5, 0.6) is 0 Å². The van der Waals surface area contributed by atoms with Crippen LogP contribution in [0.2, 0.25) is 0 Å². The molecular weight excluding hydrogens is 288 g/mol. The molecule has 0 amide bonds. The van der Waals surface area contributed by atoms with Crippen molar-refractivity contribution in [3.05, 3.63) is 76.8 Å². The lowest BCUT2D eigenvalue weighted by molar-refractivity contribution is 0.904. The van der Waals surface area contributed by atoms with Crippen LogP contribution >= 0.6 is 0 Å². The van der Waals surface area contributed by atoms with Crippen LogP contribution in [0.1, 0.15) is 5.56 Å². The normalized spacial score (nSPS) is 11.0. The maximum Gasteiger partial charge on any atom is 0.273 e. The van der Waals surface area contributed by atoms with Gasteiger partial charge in [0, 0.05) is 29.6 Å². The Bertz CT molecular complexity index is 1030. The van der Waals surface area contributed by atoms with Gasteiger partial charge in [0.2, 0.25) is 0 Å². The summed E-state index contributed by atoms with van der Waals surface area (Å²) < 4.78 is 1.48. The Hall–Kier alpha value is -3.21. The summed E-state index contributed by atoms with van der Waals surface area (Å²) in [6, 6.07) is 15.2. The van der Waals surface area contributed by atoms with E-state index in [1.165, 1.54) is 10.6 Å². The highest BCUT2D eigenvalue weighted by Crippen LogP contribution is 2.24. The largest absolute Gasteiger partial charge is 0.289 e. The van der Waals surface area contributed by atoms with Gasteiger partial charge in [-0.3, -0.25) is 14.9 Å². The van der Waals surface area contributed by atoms with Crippen molar-refractivity contribution in [2.45, 2.75) is 6.92 Å². The molecule has 0 radical (unpaired) electrons. The first-order chi connectivity index (χ1) is 11.2.